The summed E-state index contributed by atoms with van der Waals surface area (Å²) in [5.41, 5.74) is 2.04. The van der Waals surface area contributed by atoms with Crippen LogP contribution in [0.1, 0.15) is 24.1 Å². The molecule has 1 unspecified atom stereocenters. The molecule has 4 nitrogen and oxygen atoms in total. The number of carbonyl (C=O) groups excluding carboxylic acids is 1. The van der Waals surface area contributed by atoms with Gasteiger partial charge in [0, 0.05) is 0 Å². The largest absolute Gasteiger partial charge is 0.394 e. The van der Waals surface area contributed by atoms with Crippen molar-refractivity contribution in [1.82, 2.24) is 5.32 Å². The van der Waals surface area contributed by atoms with Gasteiger partial charge in [-0.2, -0.15) is 0 Å². The number of hydrogen-bond acceptors (Lipinski definition) is 3. The Balaban J connectivity index is 2.74. The first-order valence-electron chi connectivity index (χ1n) is 5.31. The maximum atomic E-state index is 11.0. The van der Waals surface area contributed by atoms with Gasteiger partial charge in [0.05, 0.1) is 12.6 Å². The van der Waals surface area contributed by atoms with Gasteiger partial charge < -0.3 is 15.5 Å². The Morgan fingerprint density at radius 1 is 1.31 bits per heavy atom. The van der Waals surface area contributed by atoms with Crippen LogP contribution in [0.4, 0.5) is 0 Å². The second-order valence-electron chi connectivity index (χ2n) is 3.56. The summed E-state index contributed by atoms with van der Waals surface area (Å²) in [6.45, 7) is 1.31. The molecule has 0 radical (unpaired) electrons. The SMILES string of the molecule is CCc1ccc(C(CO)NC(=O)CO)cc1. The summed E-state index contributed by atoms with van der Waals surface area (Å²) in [5, 5.41) is 20.3. The van der Waals surface area contributed by atoms with Crippen LogP contribution in [-0.4, -0.2) is 29.3 Å². The lowest BCUT2D eigenvalue weighted by Crippen LogP contribution is -2.32. The van der Waals surface area contributed by atoms with Gasteiger partial charge in [-0.25, -0.2) is 0 Å². The fourth-order valence-corrected chi connectivity index (χ4v) is 1.46. The lowest BCUT2D eigenvalue weighted by atomic mass is 10.0. The van der Waals surface area contributed by atoms with Crippen LogP contribution in [0.3, 0.4) is 0 Å². The molecule has 1 aromatic carbocycles. The van der Waals surface area contributed by atoms with Crippen molar-refractivity contribution in [1.29, 1.82) is 0 Å². The number of benzene rings is 1. The van der Waals surface area contributed by atoms with Crippen LogP contribution in [0.25, 0.3) is 0 Å². The molecule has 1 amide bonds. The van der Waals surface area contributed by atoms with Crippen LogP contribution in [0.15, 0.2) is 24.3 Å². The summed E-state index contributed by atoms with van der Waals surface area (Å²) in [6.07, 6.45) is 0.951. The molecule has 4 heteroatoms. The second-order valence-corrected chi connectivity index (χ2v) is 3.56. The van der Waals surface area contributed by atoms with E-state index in [1.54, 1.807) is 0 Å². The van der Waals surface area contributed by atoms with Gasteiger partial charge >= 0.3 is 0 Å². The zero-order chi connectivity index (χ0) is 12.0. The molecule has 88 valence electrons. The van der Waals surface area contributed by atoms with E-state index in [9.17, 15) is 4.79 Å². The minimum atomic E-state index is -0.566. The van der Waals surface area contributed by atoms with Crippen LogP contribution in [0.2, 0.25) is 0 Å². The molecular formula is C12H17NO3. The number of amides is 1. The molecule has 0 saturated heterocycles. The number of carbonyl (C=O) groups is 1. The number of aryl methyl sites for hydroxylation is 1. The predicted molar refractivity (Wildman–Crippen MR) is 60.9 cm³/mol. The molecule has 0 spiro atoms. The topological polar surface area (TPSA) is 69.6 Å². The van der Waals surface area contributed by atoms with Gasteiger partial charge in [0.15, 0.2) is 0 Å². The minimum absolute atomic E-state index is 0.183. The lowest BCUT2D eigenvalue weighted by molar-refractivity contribution is -0.124. The second kappa shape index (κ2) is 6.25. The Bertz CT molecular complexity index is 335. The van der Waals surface area contributed by atoms with Crippen molar-refractivity contribution in [2.45, 2.75) is 19.4 Å². The van der Waals surface area contributed by atoms with Gasteiger partial charge in [-0.3, -0.25) is 4.79 Å². The Hall–Kier alpha value is -1.39. The minimum Gasteiger partial charge on any atom is -0.394 e. The fourth-order valence-electron chi connectivity index (χ4n) is 1.46. The van der Waals surface area contributed by atoms with Crippen LogP contribution in [0.5, 0.6) is 0 Å². The number of nitrogens with one attached hydrogen (secondary N) is 1. The zero-order valence-corrected chi connectivity index (χ0v) is 9.31. The van der Waals surface area contributed by atoms with Gasteiger partial charge in [-0.1, -0.05) is 31.2 Å². The monoisotopic (exact) mass is 223 g/mol. The maximum absolute atomic E-state index is 11.0. The third-order valence-electron chi connectivity index (χ3n) is 2.45. The van der Waals surface area contributed by atoms with E-state index >= 15 is 0 Å². The number of aliphatic hydroxyl groups is 2. The third kappa shape index (κ3) is 3.32. The van der Waals surface area contributed by atoms with Crippen molar-refractivity contribution in [2.75, 3.05) is 13.2 Å². The highest BCUT2D eigenvalue weighted by molar-refractivity contribution is 5.77. The van der Waals surface area contributed by atoms with Crippen LogP contribution in [0, 0.1) is 0 Å². The highest BCUT2D eigenvalue weighted by Crippen LogP contribution is 2.13. The smallest absolute Gasteiger partial charge is 0.246 e. The van der Waals surface area contributed by atoms with Crippen molar-refractivity contribution in [3.63, 3.8) is 0 Å². The number of aliphatic hydroxyl groups excluding tert-OH is 2. The van der Waals surface area contributed by atoms with Gasteiger partial charge in [-0.15, -0.1) is 0 Å². The van der Waals surface area contributed by atoms with E-state index in [1.807, 2.05) is 24.3 Å². The van der Waals surface area contributed by atoms with Crippen molar-refractivity contribution < 1.29 is 15.0 Å². The quantitative estimate of drug-likeness (QED) is 0.676. The summed E-state index contributed by atoms with van der Waals surface area (Å²) in [7, 11) is 0. The highest BCUT2D eigenvalue weighted by atomic mass is 16.3. The van der Waals surface area contributed by atoms with E-state index in [1.165, 1.54) is 5.56 Å². The van der Waals surface area contributed by atoms with Gasteiger partial charge in [0.1, 0.15) is 6.61 Å². The molecule has 1 aromatic rings. The Labute approximate surface area is 94.9 Å². The first kappa shape index (κ1) is 12.7. The molecule has 3 N–H and O–H groups in total. The Morgan fingerprint density at radius 2 is 1.94 bits per heavy atom. The summed E-state index contributed by atoms with van der Waals surface area (Å²) in [4.78, 5) is 11.0. The molecule has 0 aliphatic carbocycles. The van der Waals surface area contributed by atoms with Crippen molar-refractivity contribution in [2.24, 2.45) is 0 Å². The van der Waals surface area contributed by atoms with Crippen LogP contribution in [-0.2, 0) is 11.2 Å². The molecule has 1 atom stereocenters. The molecule has 1 rings (SSSR count). The average Bonchev–Trinajstić information content (AvgIpc) is 2.35. The van der Waals surface area contributed by atoms with E-state index in [4.69, 9.17) is 10.2 Å². The van der Waals surface area contributed by atoms with Gasteiger partial charge in [0.2, 0.25) is 5.91 Å². The molecule has 0 aromatic heterocycles. The van der Waals surface area contributed by atoms with E-state index in [0.29, 0.717) is 0 Å². The molecule has 16 heavy (non-hydrogen) atoms. The average molecular weight is 223 g/mol. The molecule has 0 aliphatic heterocycles. The Morgan fingerprint density at radius 3 is 2.38 bits per heavy atom. The summed E-state index contributed by atoms with van der Waals surface area (Å²) in [6, 6.07) is 7.21. The van der Waals surface area contributed by atoms with Gasteiger partial charge in [0.25, 0.3) is 0 Å². The van der Waals surface area contributed by atoms with Gasteiger partial charge in [-0.05, 0) is 17.5 Å². The van der Waals surface area contributed by atoms with E-state index in [-0.39, 0.29) is 6.61 Å². The molecule has 0 aliphatic rings. The zero-order valence-electron chi connectivity index (χ0n) is 9.31. The van der Waals surface area contributed by atoms with Crippen molar-refractivity contribution >= 4 is 5.91 Å². The molecule has 0 fully saturated rings. The molecular weight excluding hydrogens is 206 g/mol. The summed E-state index contributed by atoms with van der Waals surface area (Å²) in [5.74, 6) is -0.487. The van der Waals surface area contributed by atoms with Crippen LogP contribution >= 0.6 is 0 Å². The normalized spacial score (nSPS) is 12.2. The lowest BCUT2D eigenvalue weighted by Gasteiger charge is -2.16. The summed E-state index contributed by atoms with van der Waals surface area (Å²) >= 11 is 0. The Kier molecular flexibility index (Phi) is 4.95. The van der Waals surface area contributed by atoms with Crippen molar-refractivity contribution in [3.8, 4) is 0 Å². The standard InChI is InChI=1S/C12H17NO3/c1-2-9-3-5-10(6-4-9)11(7-14)13-12(16)8-15/h3-6,11,14-15H,2,7-8H2,1H3,(H,13,16). The first-order valence-corrected chi connectivity index (χ1v) is 5.31. The number of rotatable bonds is 5. The van der Waals surface area contributed by atoms with E-state index in [0.717, 1.165) is 12.0 Å². The van der Waals surface area contributed by atoms with Crippen LogP contribution < -0.4 is 5.32 Å². The first-order chi connectivity index (χ1) is 7.71. The fraction of sp³-hybridized carbons (Fsp3) is 0.417. The van der Waals surface area contributed by atoms with E-state index in [2.05, 4.69) is 12.2 Å². The molecule has 0 heterocycles. The van der Waals surface area contributed by atoms with Crippen molar-refractivity contribution in [3.05, 3.63) is 35.4 Å². The third-order valence-corrected chi connectivity index (χ3v) is 2.45. The van der Waals surface area contributed by atoms with E-state index < -0.39 is 18.6 Å². The predicted octanol–water partition coefficient (Wildman–Crippen LogP) is 0.391. The maximum Gasteiger partial charge on any atom is 0.246 e. The summed E-state index contributed by atoms with van der Waals surface area (Å²) < 4.78 is 0. The highest BCUT2D eigenvalue weighted by Gasteiger charge is 2.12. The number of hydrogen-bond donors (Lipinski definition) is 3. The molecule has 0 bridgehead atoms. The molecule has 0 saturated carbocycles.